The number of hydrogen-bond donors (Lipinski definition) is 2. The number of methoxy groups -OCH3 is 1. The van der Waals surface area contributed by atoms with Gasteiger partial charge in [-0.1, -0.05) is 24.3 Å². The number of hydrogen-bond acceptors (Lipinski definition) is 5. The van der Waals surface area contributed by atoms with E-state index in [0.717, 1.165) is 5.56 Å². The van der Waals surface area contributed by atoms with Crippen LogP contribution in [0.25, 0.3) is 0 Å². The summed E-state index contributed by atoms with van der Waals surface area (Å²) in [6.45, 7) is 4.33. The van der Waals surface area contributed by atoms with Gasteiger partial charge >= 0.3 is 0 Å². The number of carbonyl (C=O) groups excluding carboxylic acids is 1. The van der Waals surface area contributed by atoms with E-state index in [2.05, 4.69) is 11.4 Å². The van der Waals surface area contributed by atoms with Gasteiger partial charge in [0.1, 0.15) is 6.23 Å². The van der Waals surface area contributed by atoms with Crippen molar-refractivity contribution in [2.24, 2.45) is 0 Å². The Balaban J connectivity index is 1.77. The number of fused-ring (bicyclic) bond motifs is 3. The number of anilines is 1. The van der Waals surface area contributed by atoms with Crippen molar-refractivity contribution in [3.8, 4) is 11.5 Å². The molecule has 2 N–H and O–H groups in total. The fourth-order valence-electron chi connectivity index (χ4n) is 3.82. The van der Waals surface area contributed by atoms with E-state index in [4.69, 9.17) is 9.47 Å². The van der Waals surface area contributed by atoms with Gasteiger partial charge in [0.15, 0.2) is 11.5 Å². The quantitative estimate of drug-likeness (QED) is 0.872. The lowest BCUT2D eigenvalue weighted by Gasteiger charge is -2.37. The van der Waals surface area contributed by atoms with E-state index in [-0.39, 0.29) is 18.1 Å². The molecule has 2 aromatic carbocycles. The first-order valence-electron chi connectivity index (χ1n) is 9.19. The highest BCUT2D eigenvalue weighted by Gasteiger charge is 2.39. The summed E-state index contributed by atoms with van der Waals surface area (Å²) in [6, 6.07) is 11.1. The number of amides is 1. The first kappa shape index (κ1) is 17.7. The van der Waals surface area contributed by atoms with Gasteiger partial charge in [-0.3, -0.25) is 4.79 Å². The smallest absolute Gasteiger partial charge is 0.256 e. The lowest BCUT2D eigenvalue weighted by atomic mass is 9.93. The maximum atomic E-state index is 13.3. The minimum atomic E-state index is -0.871. The van der Waals surface area contributed by atoms with Crippen molar-refractivity contribution in [1.82, 2.24) is 4.90 Å². The van der Waals surface area contributed by atoms with E-state index in [9.17, 15) is 9.90 Å². The zero-order valence-electron chi connectivity index (χ0n) is 15.7. The molecule has 2 heterocycles. The molecule has 0 spiro atoms. The van der Waals surface area contributed by atoms with Gasteiger partial charge in [-0.2, -0.15) is 0 Å². The van der Waals surface area contributed by atoms with Gasteiger partial charge in [0.05, 0.1) is 30.5 Å². The van der Waals surface area contributed by atoms with E-state index in [1.54, 1.807) is 24.1 Å². The molecule has 6 heteroatoms. The molecule has 142 valence electrons. The van der Waals surface area contributed by atoms with Gasteiger partial charge in [0.25, 0.3) is 5.91 Å². The van der Waals surface area contributed by atoms with Crippen LogP contribution >= 0.6 is 0 Å². The minimum absolute atomic E-state index is 0.0378. The molecule has 6 nitrogen and oxygen atoms in total. The Morgan fingerprint density at radius 3 is 2.63 bits per heavy atom. The van der Waals surface area contributed by atoms with Crippen molar-refractivity contribution in [2.75, 3.05) is 12.4 Å². The predicted molar refractivity (Wildman–Crippen MR) is 102 cm³/mol. The van der Waals surface area contributed by atoms with E-state index >= 15 is 0 Å². The van der Waals surface area contributed by atoms with E-state index in [0.29, 0.717) is 35.7 Å². The third-order valence-corrected chi connectivity index (χ3v) is 5.11. The lowest BCUT2D eigenvalue weighted by molar-refractivity contribution is 0.0396. The SMILES string of the molecule is COc1cc2c(cc1OC(C)C)NC(O)[C@@H]1Cc3ccccc3CN1C2=O. The maximum absolute atomic E-state index is 13.3. The Kier molecular flexibility index (Phi) is 4.44. The third kappa shape index (κ3) is 3.10. The molecule has 27 heavy (non-hydrogen) atoms. The summed E-state index contributed by atoms with van der Waals surface area (Å²) in [4.78, 5) is 15.1. The number of carbonyl (C=O) groups is 1. The van der Waals surface area contributed by atoms with Crippen LogP contribution < -0.4 is 14.8 Å². The molecule has 0 saturated heterocycles. The van der Waals surface area contributed by atoms with Gasteiger partial charge in [-0.25, -0.2) is 0 Å². The average Bonchev–Trinajstić information content (AvgIpc) is 2.74. The highest BCUT2D eigenvalue weighted by atomic mass is 16.5. The molecule has 0 bridgehead atoms. The molecule has 1 amide bonds. The Hall–Kier alpha value is -2.73. The number of benzene rings is 2. The highest BCUT2D eigenvalue weighted by Crippen LogP contribution is 2.38. The van der Waals surface area contributed by atoms with Crippen LogP contribution in [0.5, 0.6) is 11.5 Å². The largest absolute Gasteiger partial charge is 0.493 e. The molecule has 0 fully saturated rings. The molecular formula is C21H24N2O4. The second kappa shape index (κ2) is 6.78. The van der Waals surface area contributed by atoms with E-state index < -0.39 is 6.23 Å². The summed E-state index contributed by atoms with van der Waals surface area (Å²) in [6.07, 6.45) is -0.302. The molecule has 2 aliphatic rings. The van der Waals surface area contributed by atoms with Crippen LogP contribution in [0.4, 0.5) is 5.69 Å². The maximum Gasteiger partial charge on any atom is 0.256 e. The Morgan fingerprint density at radius 2 is 1.93 bits per heavy atom. The number of aliphatic hydroxyl groups excluding tert-OH is 1. The number of nitrogens with zero attached hydrogens (tertiary/aromatic N) is 1. The number of ether oxygens (including phenoxy) is 2. The zero-order chi connectivity index (χ0) is 19.1. The molecule has 0 aliphatic carbocycles. The van der Waals surface area contributed by atoms with Gasteiger partial charge in [-0.05, 0) is 37.5 Å². The molecule has 0 radical (unpaired) electrons. The van der Waals surface area contributed by atoms with Crippen molar-refractivity contribution < 1.29 is 19.4 Å². The summed E-state index contributed by atoms with van der Waals surface area (Å²) in [5.74, 6) is 0.924. The summed E-state index contributed by atoms with van der Waals surface area (Å²) in [7, 11) is 1.55. The fraction of sp³-hybridized carbons (Fsp3) is 0.381. The highest BCUT2D eigenvalue weighted by molar-refractivity contribution is 6.01. The summed E-state index contributed by atoms with van der Waals surface area (Å²) in [5, 5.41) is 13.9. The number of aliphatic hydroxyl groups is 1. The molecule has 1 unspecified atom stereocenters. The predicted octanol–water partition coefficient (Wildman–Crippen LogP) is 2.79. The van der Waals surface area contributed by atoms with Crippen molar-refractivity contribution >= 4 is 11.6 Å². The van der Waals surface area contributed by atoms with E-state index in [1.807, 2.05) is 32.0 Å². The van der Waals surface area contributed by atoms with Crippen molar-refractivity contribution in [3.05, 3.63) is 53.1 Å². The van der Waals surface area contributed by atoms with E-state index in [1.165, 1.54) is 5.56 Å². The van der Waals surface area contributed by atoms with Crippen molar-refractivity contribution in [3.63, 3.8) is 0 Å². The van der Waals surface area contributed by atoms with Crippen LogP contribution in [0.2, 0.25) is 0 Å². The normalized spacial score (nSPS) is 20.9. The first-order valence-corrected chi connectivity index (χ1v) is 9.19. The van der Waals surface area contributed by atoms with Gasteiger partial charge in [-0.15, -0.1) is 0 Å². The van der Waals surface area contributed by atoms with Gasteiger partial charge in [0.2, 0.25) is 0 Å². The lowest BCUT2D eigenvalue weighted by Crippen LogP contribution is -2.50. The standard InChI is InChI=1S/C21H24N2O4/c1-12(2)27-19-10-16-15(9-18(19)26-3)21(25)23-11-14-7-5-4-6-13(14)8-17(23)20(24)22-16/h4-7,9-10,12,17,20,22,24H,8,11H2,1-3H3/t17-,20?/m0/s1. The molecule has 2 aliphatic heterocycles. The summed E-state index contributed by atoms with van der Waals surface area (Å²) < 4.78 is 11.2. The second-order valence-corrected chi connectivity index (χ2v) is 7.28. The number of rotatable bonds is 3. The Morgan fingerprint density at radius 1 is 1.19 bits per heavy atom. The van der Waals surface area contributed by atoms with Crippen LogP contribution in [-0.2, 0) is 13.0 Å². The Labute approximate surface area is 158 Å². The summed E-state index contributed by atoms with van der Waals surface area (Å²) >= 11 is 0. The third-order valence-electron chi connectivity index (χ3n) is 5.11. The second-order valence-electron chi connectivity index (χ2n) is 7.28. The van der Waals surface area contributed by atoms with Crippen molar-refractivity contribution in [1.29, 1.82) is 0 Å². The van der Waals surface area contributed by atoms with Crippen LogP contribution in [0.1, 0.15) is 35.3 Å². The van der Waals surface area contributed by atoms with Crippen LogP contribution in [-0.4, -0.2) is 41.4 Å². The van der Waals surface area contributed by atoms with Crippen LogP contribution in [0, 0.1) is 0 Å². The van der Waals surface area contributed by atoms with Gasteiger partial charge in [0, 0.05) is 12.6 Å². The van der Waals surface area contributed by atoms with Crippen LogP contribution in [0.3, 0.4) is 0 Å². The molecule has 0 aromatic heterocycles. The fourth-order valence-corrected chi connectivity index (χ4v) is 3.82. The number of nitrogens with one attached hydrogen (secondary N) is 1. The summed E-state index contributed by atoms with van der Waals surface area (Å²) in [5.41, 5.74) is 3.32. The van der Waals surface area contributed by atoms with Gasteiger partial charge < -0.3 is 24.8 Å². The molecule has 2 aromatic rings. The molecular weight excluding hydrogens is 344 g/mol. The zero-order valence-corrected chi connectivity index (χ0v) is 15.7. The first-order chi connectivity index (χ1) is 13.0. The average molecular weight is 368 g/mol. The Bertz CT molecular complexity index is 880. The molecule has 4 rings (SSSR count). The van der Waals surface area contributed by atoms with Crippen molar-refractivity contribution in [2.45, 2.75) is 45.2 Å². The van der Waals surface area contributed by atoms with Crippen LogP contribution in [0.15, 0.2) is 36.4 Å². The minimum Gasteiger partial charge on any atom is -0.493 e. The topological polar surface area (TPSA) is 71.0 Å². The molecule has 2 atom stereocenters. The molecule has 0 saturated carbocycles. The monoisotopic (exact) mass is 368 g/mol.